The van der Waals surface area contributed by atoms with Crippen molar-refractivity contribution < 1.29 is 19.1 Å². The minimum atomic E-state index is -0.747. The molecule has 0 N–H and O–H groups in total. The maximum Gasteiger partial charge on any atom is 0.352 e. The van der Waals surface area contributed by atoms with Crippen molar-refractivity contribution in [3.8, 4) is 6.07 Å². The van der Waals surface area contributed by atoms with E-state index in [1.54, 1.807) is 27.7 Å². The van der Waals surface area contributed by atoms with E-state index in [9.17, 15) is 14.9 Å². The highest BCUT2D eigenvalue weighted by Crippen LogP contribution is 2.27. The Morgan fingerprint density at radius 1 is 1.14 bits per heavy atom. The fraction of sp³-hybridized carbons (Fsp3) is 0.688. The number of hydrogen-bond donors (Lipinski definition) is 0. The molecule has 0 aliphatic heterocycles. The molecular weight excluding hydrogens is 270 g/mol. The van der Waals surface area contributed by atoms with Gasteiger partial charge in [-0.3, -0.25) is 4.79 Å². The molecule has 0 aromatic rings. The molecule has 0 amide bonds. The highest BCUT2D eigenvalue weighted by Gasteiger charge is 2.30. The largest absolute Gasteiger partial charge is 0.462 e. The Bertz CT molecular complexity index is 448. The van der Waals surface area contributed by atoms with Crippen LogP contribution in [0.3, 0.4) is 0 Å². The summed E-state index contributed by atoms with van der Waals surface area (Å²) in [5, 5.41) is 9.25. The third-order valence-electron chi connectivity index (χ3n) is 3.01. The number of carbonyl (C=O) groups is 2. The normalized spacial score (nSPS) is 12.5. The molecule has 0 radical (unpaired) electrons. The van der Waals surface area contributed by atoms with E-state index in [1.807, 2.05) is 19.9 Å². The zero-order chi connectivity index (χ0) is 16.6. The van der Waals surface area contributed by atoms with E-state index in [0.29, 0.717) is 12.8 Å². The second kappa shape index (κ2) is 8.46. The van der Waals surface area contributed by atoms with Gasteiger partial charge >= 0.3 is 11.9 Å². The molecule has 118 valence electrons. The van der Waals surface area contributed by atoms with E-state index in [4.69, 9.17) is 9.47 Å². The van der Waals surface area contributed by atoms with Gasteiger partial charge in [0.15, 0.2) is 5.57 Å². The van der Waals surface area contributed by atoms with Crippen molar-refractivity contribution in [3.63, 3.8) is 0 Å². The first-order valence-electron chi connectivity index (χ1n) is 7.26. The number of nitrogens with zero attached hydrogens (tertiary/aromatic N) is 1. The lowest BCUT2D eigenvalue weighted by Crippen LogP contribution is -2.26. The maximum atomic E-state index is 12.1. The predicted octanol–water partition coefficient (Wildman–Crippen LogP) is 3.35. The zero-order valence-electron chi connectivity index (χ0n) is 13.8. The first kappa shape index (κ1) is 19.2. The van der Waals surface area contributed by atoms with Crippen LogP contribution in [0, 0.1) is 22.7 Å². The predicted molar refractivity (Wildman–Crippen MR) is 78.9 cm³/mol. The molecule has 0 bridgehead atoms. The molecule has 21 heavy (non-hydrogen) atoms. The topological polar surface area (TPSA) is 76.4 Å². The zero-order valence-corrected chi connectivity index (χ0v) is 13.8. The quantitative estimate of drug-likeness (QED) is 0.325. The molecule has 0 aromatic heterocycles. The Hall–Kier alpha value is -1.83. The van der Waals surface area contributed by atoms with Crippen LogP contribution in [0.4, 0.5) is 0 Å². The van der Waals surface area contributed by atoms with E-state index >= 15 is 0 Å². The number of esters is 2. The SMILES string of the molecule is CCOC(=O)C(C#N)=C(OC(=O)C(C)(C)C)C(CC)CC. The van der Waals surface area contributed by atoms with Crippen molar-refractivity contribution in [2.24, 2.45) is 11.3 Å². The maximum absolute atomic E-state index is 12.1. The molecule has 0 aromatic carbocycles. The van der Waals surface area contributed by atoms with Gasteiger partial charge in [-0.1, -0.05) is 13.8 Å². The van der Waals surface area contributed by atoms with Crippen molar-refractivity contribution in [3.05, 3.63) is 11.3 Å². The highest BCUT2D eigenvalue weighted by atomic mass is 16.5. The second-order valence-electron chi connectivity index (χ2n) is 5.72. The first-order valence-corrected chi connectivity index (χ1v) is 7.26. The Labute approximate surface area is 126 Å². The van der Waals surface area contributed by atoms with Gasteiger partial charge in [0.2, 0.25) is 0 Å². The molecule has 5 heteroatoms. The number of allylic oxidation sites excluding steroid dienone is 1. The summed E-state index contributed by atoms with van der Waals surface area (Å²) in [5.41, 5.74) is -0.935. The van der Waals surface area contributed by atoms with Gasteiger partial charge in [0, 0.05) is 5.92 Å². The van der Waals surface area contributed by atoms with E-state index in [2.05, 4.69) is 0 Å². The van der Waals surface area contributed by atoms with Crippen LogP contribution in [0.25, 0.3) is 0 Å². The highest BCUT2D eigenvalue weighted by molar-refractivity contribution is 5.94. The van der Waals surface area contributed by atoms with Crippen LogP contribution in [-0.2, 0) is 19.1 Å². The van der Waals surface area contributed by atoms with Crippen LogP contribution in [0.2, 0.25) is 0 Å². The van der Waals surface area contributed by atoms with Crippen LogP contribution >= 0.6 is 0 Å². The molecule has 0 rings (SSSR count). The van der Waals surface area contributed by atoms with Crippen LogP contribution in [-0.4, -0.2) is 18.5 Å². The van der Waals surface area contributed by atoms with Crippen molar-refractivity contribution in [1.82, 2.24) is 0 Å². The van der Waals surface area contributed by atoms with E-state index in [-0.39, 0.29) is 23.9 Å². The minimum Gasteiger partial charge on any atom is -0.462 e. The van der Waals surface area contributed by atoms with Crippen molar-refractivity contribution in [2.45, 2.75) is 54.4 Å². The average molecular weight is 295 g/mol. The van der Waals surface area contributed by atoms with Crippen molar-refractivity contribution >= 4 is 11.9 Å². The average Bonchev–Trinajstić information content (AvgIpc) is 2.39. The van der Waals surface area contributed by atoms with Gasteiger partial charge in [0.05, 0.1) is 12.0 Å². The molecule has 0 fully saturated rings. The summed E-state index contributed by atoms with van der Waals surface area (Å²) < 4.78 is 10.3. The van der Waals surface area contributed by atoms with Gasteiger partial charge in [-0.25, -0.2) is 4.79 Å². The monoisotopic (exact) mass is 295 g/mol. The third-order valence-corrected chi connectivity index (χ3v) is 3.01. The lowest BCUT2D eigenvalue weighted by atomic mass is 9.95. The van der Waals surface area contributed by atoms with Crippen LogP contribution in [0.15, 0.2) is 11.3 Å². The molecule has 0 saturated carbocycles. The molecule has 0 heterocycles. The summed E-state index contributed by atoms with van der Waals surface area (Å²) in [6, 6.07) is 1.82. The smallest absolute Gasteiger partial charge is 0.352 e. The Morgan fingerprint density at radius 3 is 2.00 bits per heavy atom. The summed E-state index contributed by atoms with van der Waals surface area (Å²) in [4.78, 5) is 24.0. The fourth-order valence-electron chi connectivity index (χ4n) is 1.66. The number of nitriles is 1. The van der Waals surface area contributed by atoms with Gasteiger partial charge in [-0.05, 0) is 40.5 Å². The van der Waals surface area contributed by atoms with Crippen LogP contribution < -0.4 is 0 Å². The van der Waals surface area contributed by atoms with Crippen LogP contribution in [0.1, 0.15) is 54.4 Å². The van der Waals surface area contributed by atoms with Crippen molar-refractivity contribution in [1.29, 1.82) is 5.26 Å². The van der Waals surface area contributed by atoms with Crippen molar-refractivity contribution in [2.75, 3.05) is 6.61 Å². The number of ether oxygens (including phenoxy) is 2. The van der Waals surface area contributed by atoms with Gasteiger partial charge in [0.25, 0.3) is 0 Å². The molecule has 0 saturated heterocycles. The summed E-state index contributed by atoms with van der Waals surface area (Å²) in [6.07, 6.45) is 1.32. The lowest BCUT2D eigenvalue weighted by molar-refractivity contribution is -0.149. The van der Waals surface area contributed by atoms with Gasteiger partial charge in [-0.15, -0.1) is 0 Å². The summed E-state index contributed by atoms with van der Waals surface area (Å²) in [7, 11) is 0. The summed E-state index contributed by atoms with van der Waals surface area (Å²) in [5.74, 6) is -1.26. The Morgan fingerprint density at radius 2 is 1.67 bits per heavy atom. The van der Waals surface area contributed by atoms with Gasteiger partial charge in [-0.2, -0.15) is 5.26 Å². The standard InChI is InChI=1S/C16H25NO4/c1-7-11(8-2)13(21-15(19)16(4,5)6)12(10-17)14(18)20-9-3/h11H,7-9H2,1-6H3. The van der Waals surface area contributed by atoms with E-state index < -0.39 is 17.4 Å². The molecule has 5 nitrogen and oxygen atoms in total. The van der Waals surface area contributed by atoms with Gasteiger partial charge in [0.1, 0.15) is 11.8 Å². The molecule has 0 unspecified atom stereocenters. The fourth-order valence-corrected chi connectivity index (χ4v) is 1.66. The van der Waals surface area contributed by atoms with Crippen LogP contribution in [0.5, 0.6) is 0 Å². The lowest BCUT2D eigenvalue weighted by Gasteiger charge is -2.23. The summed E-state index contributed by atoms with van der Waals surface area (Å²) >= 11 is 0. The van der Waals surface area contributed by atoms with E-state index in [0.717, 1.165) is 0 Å². The molecule has 0 aliphatic carbocycles. The molecular formula is C16H25NO4. The van der Waals surface area contributed by atoms with Gasteiger partial charge < -0.3 is 9.47 Å². The Balaban J connectivity index is 5.74. The summed E-state index contributed by atoms with van der Waals surface area (Å²) in [6.45, 7) is 10.8. The minimum absolute atomic E-state index is 0.126. The number of hydrogen-bond acceptors (Lipinski definition) is 5. The molecule has 0 atom stereocenters. The number of rotatable bonds is 6. The third kappa shape index (κ3) is 5.58. The second-order valence-corrected chi connectivity index (χ2v) is 5.72. The Kier molecular flexibility index (Phi) is 7.72. The molecule has 0 aliphatic rings. The first-order chi connectivity index (χ1) is 9.72. The van der Waals surface area contributed by atoms with E-state index in [1.165, 1.54) is 0 Å². The molecule has 0 spiro atoms. The number of carbonyl (C=O) groups excluding carboxylic acids is 2.